The highest BCUT2D eigenvalue weighted by atomic mass is 35.5. The van der Waals surface area contributed by atoms with E-state index in [2.05, 4.69) is 26.1 Å². The molecule has 0 bridgehead atoms. The van der Waals surface area contributed by atoms with Gasteiger partial charge in [0.15, 0.2) is 0 Å². The number of benzene rings is 1. The van der Waals surface area contributed by atoms with E-state index >= 15 is 0 Å². The quantitative estimate of drug-likeness (QED) is 0.808. The molecule has 0 aromatic heterocycles. The Labute approximate surface area is 140 Å². The number of hydrogen-bond donors (Lipinski definition) is 2. The third kappa shape index (κ3) is 5.50. The molecule has 3 N–H and O–H groups in total. The van der Waals surface area contributed by atoms with E-state index < -0.39 is 0 Å². The molecule has 0 aliphatic rings. The smallest absolute Gasteiger partial charge is 0.221 e. The number of hydrogen-bond acceptors (Lipinski definition) is 3. The number of carbonyl (C=O) groups is 1. The molecular weight excluding hydrogens is 300 g/mol. The van der Waals surface area contributed by atoms with Crippen molar-refractivity contribution in [3.8, 4) is 5.75 Å². The highest BCUT2D eigenvalue weighted by Gasteiger charge is 2.28. The minimum atomic E-state index is -0.350. The van der Waals surface area contributed by atoms with Crippen LogP contribution in [-0.2, 0) is 4.79 Å². The first kappa shape index (κ1) is 20.7. The Balaban J connectivity index is 0.00000441. The number of nitrogens with two attached hydrogens (primary N) is 1. The van der Waals surface area contributed by atoms with E-state index in [1.165, 1.54) is 0 Å². The van der Waals surface area contributed by atoms with Gasteiger partial charge in [0.25, 0.3) is 0 Å². The maximum atomic E-state index is 12.2. The largest absolute Gasteiger partial charge is 0.497 e. The molecular formula is C17H29ClN2O2. The van der Waals surface area contributed by atoms with Gasteiger partial charge in [-0.3, -0.25) is 4.79 Å². The SMILES string of the molecule is COc1ccc(C(C)CC(=O)NC(C)(CN)C(C)C)cc1.Cl. The van der Waals surface area contributed by atoms with Gasteiger partial charge >= 0.3 is 0 Å². The van der Waals surface area contributed by atoms with Gasteiger partial charge in [-0.05, 0) is 36.5 Å². The normalized spacial score (nSPS) is 14.7. The van der Waals surface area contributed by atoms with Crippen molar-refractivity contribution in [2.45, 2.75) is 45.6 Å². The van der Waals surface area contributed by atoms with Gasteiger partial charge in [-0.15, -0.1) is 12.4 Å². The molecule has 5 heteroatoms. The highest BCUT2D eigenvalue weighted by Crippen LogP contribution is 2.23. The molecule has 4 nitrogen and oxygen atoms in total. The Bertz CT molecular complexity index is 462. The lowest BCUT2D eigenvalue weighted by Crippen LogP contribution is -2.55. The Hall–Kier alpha value is -1.26. The summed E-state index contributed by atoms with van der Waals surface area (Å²) in [5.74, 6) is 1.32. The molecule has 1 rings (SSSR count). The zero-order valence-corrected chi connectivity index (χ0v) is 15.0. The minimum Gasteiger partial charge on any atom is -0.497 e. The average molecular weight is 329 g/mol. The van der Waals surface area contributed by atoms with Crippen molar-refractivity contribution in [1.82, 2.24) is 5.32 Å². The number of methoxy groups -OCH3 is 1. The fraction of sp³-hybridized carbons (Fsp3) is 0.588. The van der Waals surface area contributed by atoms with E-state index in [-0.39, 0.29) is 29.8 Å². The van der Waals surface area contributed by atoms with Crippen molar-refractivity contribution >= 4 is 18.3 Å². The maximum absolute atomic E-state index is 12.2. The third-order valence-electron chi connectivity index (χ3n) is 4.30. The topological polar surface area (TPSA) is 64.3 Å². The van der Waals surface area contributed by atoms with Gasteiger partial charge in [-0.2, -0.15) is 0 Å². The summed E-state index contributed by atoms with van der Waals surface area (Å²) in [6.07, 6.45) is 0.453. The second-order valence-electron chi connectivity index (χ2n) is 6.20. The van der Waals surface area contributed by atoms with Gasteiger partial charge in [0, 0.05) is 13.0 Å². The number of rotatable bonds is 7. The summed E-state index contributed by atoms with van der Waals surface area (Å²) >= 11 is 0. The van der Waals surface area contributed by atoms with Gasteiger partial charge in [-0.1, -0.05) is 32.9 Å². The first-order valence-electron chi connectivity index (χ1n) is 7.47. The van der Waals surface area contributed by atoms with Crippen LogP contribution in [0.1, 0.15) is 45.6 Å². The molecule has 2 atom stereocenters. The summed E-state index contributed by atoms with van der Waals surface area (Å²) in [4.78, 5) is 12.2. The zero-order chi connectivity index (χ0) is 16.0. The first-order chi connectivity index (χ1) is 9.82. The van der Waals surface area contributed by atoms with Gasteiger partial charge in [0.2, 0.25) is 5.91 Å². The minimum absolute atomic E-state index is 0. The lowest BCUT2D eigenvalue weighted by atomic mass is 9.87. The van der Waals surface area contributed by atoms with Gasteiger partial charge in [-0.25, -0.2) is 0 Å². The van der Waals surface area contributed by atoms with Crippen LogP contribution in [0.3, 0.4) is 0 Å². The Morgan fingerprint density at radius 1 is 1.27 bits per heavy atom. The van der Waals surface area contributed by atoms with Crippen molar-refractivity contribution < 1.29 is 9.53 Å². The molecule has 1 amide bonds. The Morgan fingerprint density at radius 2 is 1.82 bits per heavy atom. The second-order valence-corrected chi connectivity index (χ2v) is 6.20. The number of carbonyl (C=O) groups excluding carboxylic acids is 1. The standard InChI is InChI=1S/C17H28N2O2.ClH/c1-12(2)17(4,11-18)19-16(20)10-13(3)14-6-8-15(21-5)9-7-14;/h6-9,12-13H,10-11,18H2,1-5H3,(H,19,20);1H. The summed E-state index contributed by atoms with van der Waals surface area (Å²) < 4.78 is 5.14. The van der Waals surface area contributed by atoms with Crippen LogP contribution in [0.5, 0.6) is 5.75 Å². The van der Waals surface area contributed by atoms with E-state index in [1.807, 2.05) is 31.2 Å². The van der Waals surface area contributed by atoms with Crippen LogP contribution < -0.4 is 15.8 Å². The average Bonchev–Trinajstić information content (AvgIpc) is 2.46. The van der Waals surface area contributed by atoms with Crippen molar-refractivity contribution in [2.75, 3.05) is 13.7 Å². The van der Waals surface area contributed by atoms with Gasteiger partial charge in [0.05, 0.1) is 12.6 Å². The predicted molar refractivity (Wildman–Crippen MR) is 93.7 cm³/mol. The van der Waals surface area contributed by atoms with Gasteiger partial charge < -0.3 is 15.8 Å². The lowest BCUT2D eigenvalue weighted by molar-refractivity contribution is -0.123. The van der Waals surface area contributed by atoms with Crippen LogP contribution in [0.2, 0.25) is 0 Å². The fourth-order valence-corrected chi connectivity index (χ4v) is 2.13. The van der Waals surface area contributed by atoms with Crippen molar-refractivity contribution in [3.05, 3.63) is 29.8 Å². The molecule has 1 aromatic carbocycles. The maximum Gasteiger partial charge on any atom is 0.221 e. The number of nitrogens with one attached hydrogen (secondary N) is 1. The zero-order valence-electron chi connectivity index (χ0n) is 14.2. The second kappa shape index (κ2) is 9.01. The van der Waals surface area contributed by atoms with Crippen molar-refractivity contribution in [3.63, 3.8) is 0 Å². The van der Waals surface area contributed by atoms with Crippen molar-refractivity contribution in [2.24, 2.45) is 11.7 Å². The molecule has 0 heterocycles. The molecule has 0 radical (unpaired) electrons. The number of amides is 1. The molecule has 1 aromatic rings. The predicted octanol–water partition coefficient (Wildman–Crippen LogP) is 3.10. The highest BCUT2D eigenvalue weighted by molar-refractivity contribution is 5.85. The number of halogens is 1. The number of ether oxygens (including phenoxy) is 1. The lowest BCUT2D eigenvalue weighted by Gasteiger charge is -2.34. The first-order valence-corrected chi connectivity index (χ1v) is 7.47. The van der Waals surface area contributed by atoms with Crippen LogP contribution in [0.25, 0.3) is 0 Å². The van der Waals surface area contributed by atoms with Crippen molar-refractivity contribution in [1.29, 1.82) is 0 Å². The summed E-state index contributed by atoms with van der Waals surface area (Å²) in [6, 6.07) is 7.84. The molecule has 0 aliphatic heterocycles. The fourth-order valence-electron chi connectivity index (χ4n) is 2.13. The molecule has 126 valence electrons. The summed E-state index contributed by atoms with van der Waals surface area (Å²) in [7, 11) is 1.64. The monoisotopic (exact) mass is 328 g/mol. The van der Waals surface area contributed by atoms with Gasteiger partial charge in [0.1, 0.15) is 5.75 Å². The molecule has 0 saturated heterocycles. The Morgan fingerprint density at radius 3 is 2.23 bits per heavy atom. The van der Waals surface area contributed by atoms with E-state index in [9.17, 15) is 4.79 Å². The Kier molecular flexibility index (Phi) is 8.49. The third-order valence-corrected chi connectivity index (χ3v) is 4.30. The van der Waals surface area contributed by atoms with Crippen LogP contribution in [-0.4, -0.2) is 25.1 Å². The summed E-state index contributed by atoms with van der Waals surface area (Å²) in [5.41, 5.74) is 6.58. The molecule has 0 spiro atoms. The van der Waals surface area contributed by atoms with Crippen LogP contribution in [0.15, 0.2) is 24.3 Å². The molecule has 0 saturated carbocycles. The summed E-state index contributed by atoms with van der Waals surface area (Å²) in [5, 5.41) is 3.08. The molecule has 0 fully saturated rings. The van der Waals surface area contributed by atoms with E-state index in [0.29, 0.717) is 18.9 Å². The van der Waals surface area contributed by atoms with E-state index in [1.54, 1.807) is 7.11 Å². The molecule has 0 aliphatic carbocycles. The van der Waals surface area contributed by atoms with Crippen LogP contribution in [0.4, 0.5) is 0 Å². The van der Waals surface area contributed by atoms with Crippen LogP contribution >= 0.6 is 12.4 Å². The molecule has 2 unspecified atom stereocenters. The summed E-state index contributed by atoms with van der Waals surface area (Å²) in [6.45, 7) is 8.62. The van der Waals surface area contributed by atoms with E-state index in [4.69, 9.17) is 10.5 Å². The van der Waals surface area contributed by atoms with E-state index in [0.717, 1.165) is 11.3 Å². The van der Waals surface area contributed by atoms with Crippen LogP contribution in [0, 0.1) is 5.92 Å². The molecule has 22 heavy (non-hydrogen) atoms.